The van der Waals surface area contributed by atoms with Gasteiger partial charge in [-0.15, -0.1) is 0 Å². The number of hydrogen-bond donors (Lipinski definition) is 3. The first kappa shape index (κ1) is 18.0. The number of ether oxygens (including phenoxy) is 1. The van der Waals surface area contributed by atoms with E-state index in [2.05, 4.69) is 10.6 Å². The lowest BCUT2D eigenvalue weighted by molar-refractivity contribution is -0.140. The normalized spacial score (nSPS) is 13.2. The predicted octanol–water partition coefficient (Wildman–Crippen LogP) is 2.11. The van der Waals surface area contributed by atoms with Gasteiger partial charge in [-0.25, -0.2) is 0 Å². The number of anilines is 1. The Morgan fingerprint density at radius 3 is 2.36 bits per heavy atom. The van der Waals surface area contributed by atoms with Gasteiger partial charge in [0.1, 0.15) is 11.8 Å². The lowest BCUT2D eigenvalue weighted by Crippen LogP contribution is -2.45. The molecule has 22 heavy (non-hydrogen) atoms. The second-order valence-corrected chi connectivity index (χ2v) is 5.09. The first-order valence-electron chi connectivity index (χ1n) is 7.46. The third-order valence-corrected chi connectivity index (χ3v) is 3.41. The molecule has 0 heterocycles. The van der Waals surface area contributed by atoms with Gasteiger partial charge >= 0.3 is 5.97 Å². The smallest absolute Gasteiger partial charge is 0.320 e. The van der Waals surface area contributed by atoms with Crippen molar-refractivity contribution in [2.45, 2.75) is 33.2 Å². The molecular weight excluding hydrogens is 284 g/mol. The number of benzene rings is 1. The van der Waals surface area contributed by atoms with Crippen LogP contribution in [0.25, 0.3) is 0 Å². The van der Waals surface area contributed by atoms with Crippen LogP contribution in [-0.2, 0) is 9.59 Å². The first-order chi connectivity index (χ1) is 10.5. The summed E-state index contributed by atoms with van der Waals surface area (Å²) >= 11 is 0. The first-order valence-corrected chi connectivity index (χ1v) is 7.46. The fraction of sp³-hybridized carbons (Fsp3) is 0.500. The maximum Gasteiger partial charge on any atom is 0.320 e. The fourth-order valence-electron chi connectivity index (χ4n) is 1.98. The minimum absolute atomic E-state index is 0.0456. The summed E-state index contributed by atoms with van der Waals surface area (Å²) in [4.78, 5) is 23.0. The Labute approximate surface area is 130 Å². The van der Waals surface area contributed by atoms with Crippen LogP contribution >= 0.6 is 0 Å². The van der Waals surface area contributed by atoms with E-state index in [1.54, 1.807) is 24.3 Å². The Bertz CT molecular complexity index is 487. The molecule has 3 N–H and O–H groups in total. The van der Waals surface area contributed by atoms with E-state index in [0.29, 0.717) is 12.3 Å². The Morgan fingerprint density at radius 1 is 1.23 bits per heavy atom. The van der Waals surface area contributed by atoms with Crippen LogP contribution in [0.5, 0.6) is 5.75 Å². The second-order valence-electron chi connectivity index (χ2n) is 5.09. The van der Waals surface area contributed by atoms with Crippen molar-refractivity contribution < 1.29 is 19.4 Å². The number of carbonyl (C=O) groups excluding carboxylic acids is 1. The quantitative estimate of drug-likeness (QED) is 0.650. The number of amides is 1. The Balaban J connectivity index is 2.49. The van der Waals surface area contributed by atoms with Crippen LogP contribution in [0.1, 0.15) is 27.2 Å². The van der Waals surface area contributed by atoms with Crippen LogP contribution in [-0.4, -0.2) is 36.2 Å². The van der Waals surface area contributed by atoms with Crippen molar-refractivity contribution in [2.75, 3.05) is 18.5 Å². The zero-order valence-electron chi connectivity index (χ0n) is 13.3. The average molecular weight is 308 g/mol. The molecule has 0 saturated heterocycles. The molecule has 0 aliphatic heterocycles. The monoisotopic (exact) mass is 308 g/mol. The van der Waals surface area contributed by atoms with Gasteiger partial charge in [0.05, 0.1) is 13.2 Å². The second kappa shape index (κ2) is 9.04. The van der Waals surface area contributed by atoms with Crippen molar-refractivity contribution in [3.63, 3.8) is 0 Å². The zero-order valence-corrected chi connectivity index (χ0v) is 13.3. The average Bonchev–Trinajstić information content (AvgIpc) is 2.49. The number of carboxylic acid groups (broad SMARTS) is 1. The summed E-state index contributed by atoms with van der Waals surface area (Å²) in [6, 6.07) is 6.30. The molecule has 1 amide bonds. The molecule has 6 nitrogen and oxygen atoms in total. The van der Waals surface area contributed by atoms with Gasteiger partial charge in [-0.3, -0.25) is 14.9 Å². The number of carbonyl (C=O) groups is 2. The summed E-state index contributed by atoms with van der Waals surface area (Å²) in [7, 11) is 0. The molecule has 0 radical (unpaired) electrons. The standard InChI is InChI=1S/C16H24N2O4/c1-4-11(3)15(16(20)21)17-10-14(19)18-12-6-8-13(9-7-12)22-5-2/h6-9,11,15,17H,4-5,10H2,1-3H3,(H,18,19)(H,20,21)/t11-,15-/m0/s1. The summed E-state index contributed by atoms with van der Waals surface area (Å²) in [6.07, 6.45) is 0.727. The summed E-state index contributed by atoms with van der Waals surface area (Å²) in [5.41, 5.74) is 0.644. The van der Waals surface area contributed by atoms with Crippen molar-refractivity contribution in [1.82, 2.24) is 5.32 Å². The number of hydrogen-bond acceptors (Lipinski definition) is 4. The number of rotatable bonds is 9. The molecule has 6 heteroatoms. The molecule has 0 saturated carbocycles. The van der Waals surface area contributed by atoms with Gasteiger partial charge in [-0.05, 0) is 37.1 Å². The number of nitrogens with one attached hydrogen (secondary N) is 2. The van der Waals surface area contributed by atoms with E-state index >= 15 is 0 Å². The van der Waals surface area contributed by atoms with Crippen molar-refractivity contribution >= 4 is 17.6 Å². The molecule has 0 aliphatic rings. The Morgan fingerprint density at radius 2 is 1.86 bits per heavy atom. The molecule has 122 valence electrons. The van der Waals surface area contributed by atoms with Crippen LogP contribution in [0, 0.1) is 5.92 Å². The molecule has 1 aromatic carbocycles. The summed E-state index contributed by atoms with van der Waals surface area (Å²) < 4.78 is 5.32. The fourth-order valence-corrected chi connectivity index (χ4v) is 1.98. The van der Waals surface area contributed by atoms with E-state index in [0.717, 1.165) is 12.2 Å². The van der Waals surface area contributed by atoms with E-state index in [1.807, 2.05) is 20.8 Å². The molecule has 0 aromatic heterocycles. The number of carboxylic acids is 1. The van der Waals surface area contributed by atoms with Crippen LogP contribution in [0.3, 0.4) is 0 Å². The Kier molecular flexibility index (Phi) is 7.39. The summed E-state index contributed by atoms with van der Waals surface area (Å²) in [5.74, 6) is -0.529. The lowest BCUT2D eigenvalue weighted by atomic mass is 9.99. The van der Waals surface area contributed by atoms with Crippen molar-refractivity contribution in [1.29, 1.82) is 0 Å². The van der Waals surface area contributed by atoms with Gasteiger partial charge in [0.2, 0.25) is 5.91 Å². The van der Waals surface area contributed by atoms with Gasteiger partial charge in [0.25, 0.3) is 0 Å². The largest absolute Gasteiger partial charge is 0.494 e. The maximum atomic E-state index is 11.9. The molecule has 1 rings (SSSR count). The zero-order chi connectivity index (χ0) is 16.5. The summed E-state index contributed by atoms with van der Waals surface area (Å²) in [5, 5.41) is 14.6. The maximum absolute atomic E-state index is 11.9. The van der Waals surface area contributed by atoms with E-state index < -0.39 is 12.0 Å². The highest BCUT2D eigenvalue weighted by Gasteiger charge is 2.23. The third kappa shape index (κ3) is 5.73. The topological polar surface area (TPSA) is 87.7 Å². The minimum Gasteiger partial charge on any atom is -0.494 e. The van der Waals surface area contributed by atoms with Gasteiger partial charge in [-0.2, -0.15) is 0 Å². The molecule has 0 fully saturated rings. The third-order valence-electron chi connectivity index (χ3n) is 3.41. The molecule has 0 spiro atoms. The van der Waals surface area contributed by atoms with Crippen molar-refractivity contribution in [3.8, 4) is 5.75 Å². The summed E-state index contributed by atoms with van der Waals surface area (Å²) in [6.45, 7) is 6.20. The van der Waals surface area contributed by atoms with Crippen LogP contribution < -0.4 is 15.4 Å². The predicted molar refractivity (Wildman–Crippen MR) is 85.1 cm³/mol. The van der Waals surface area contributed by atoms with Gasteiger partial charge in [0.15, 0.2) is 0 Å². The molecule has 1 aromatic rings. The van der Waals surface area contributed by atoms with E-state index in [4.69, 9.17) is 9.84 Å². The Hall–Kier alpha value is -2.08. The van der Waals surface area contributed by atoms with E-state index in [9.17, 15) is 9.59 Å². The molecule has 0 unspecified atom stereocenters. The van der Waals surface area contributed by atoms with E-state index in [-0.39, 0.29) is 18.4 Å². The lowest BCUT2D eigenvalue weighted by Gasteiger charge is -2.19. The molecular formula is C16H24N2O4. The van der Waals surface area contributed by atoms with E-state index in [1.165, 1.54) is 0 Å². The molecule has 0 aliphatic carbocycles. The highest BCUT2D eigenvalue weighted by molar-refractivity contribution is 5.92. The highest BCUT2D eigenvalue weighted by Crippen LogP contribution is 2.15. The minimum atomic E-state index is -0.941. The van der Waals surface area contributed by atoms with Crippen LogP contribution in [0.2, 0.25) is 0 Å². The molecule has 2 atom stereocenters. The SMILES string of the molecule is CCOc1ccc(NC(=O)CN[C@H](C(=O)O)[C@@H](C)CC)cc1. The van der Waals surface area contributed by atoms with Crippen LogP contribution in [0.15, 0.2) is 24.3 Å². The van der Waals surface area contributed by atoms with Crippen molar-refractivity contribution in [3.05, 3.63) is 24.3 Å². The highest BCUT2D eigenvalue weighted by atomic mass is 16.5. The molecule has 0 bridgehead atoms. The van der Waals surface area contributed by atoms with Gasteiger partial charge in [-0.1, -0.05) is 20.3 Å². The number of aliphatic carboxylic acids is 1. The van der Waals surface area contributed by atoms with Crippen molar-refractivity contribution in [2.24, 2.45) is 5.92 Å². The van der Waals surface area contributed by atoms with Gasteiger partial charge in [0, 0.05) is 5.69 Å². The van der Waals surface area contributed by atoms with Crippen LogP contribution in [0.4, 0.5) is 5.69 Å². The van der Waals surface area contributed by atoms with Gasteiger partial charge < -0.3 is 15.2 Å².